The Kier molecular flexibility index (Phi) is 3.53. The third-order valence-corrected chi connectivity index (χ3v) is 3.18. The van der Waals surface area contributed by atoms with E-state index in [4.69, 9.17) is 5.26 Å². The van der Waals surface area contributed by atoms with Crippen LogP contribution in [0.2, 0.25) is 0 Å². The van der Waals surface area contributed by atoms with Crippen molar-refractivity contribution in [2.24, 2.45) is 5.92 Å². The lowest BCUT2D eigenvalue weighted by Gasteiger charge is -2.29. The minimum absolute atomic E-state index is 0.206. The minimum Gasteiger partial charge on any atom is -0.296 e. The first-order valence-corrected chi connectivity index (χ1v) is 5.82. The maximum Gasteiger partial charge on any atom is 0.0669 e. The maximum atomic E-state index is 8.94. The lowest BCUT2D eigenvalue weighted by molar-refractivity contribution is 0.190. The van der Waals surface area contributed by atoms with E-state index in [-0.39, 0.29) is 5.92 Å². The summed E-state index contributed by atoms with van der Waals surface area (Å²) in [6.07, 6.45) is 4.02. The van der Waals surface area contributed by atoms with E-state index in [2.05, 4.69) is 28.9 Å². The van der Waals surface area contributed by atoms with Gasteiger partial charge in [-0.05, 0) is 37.9 Å². The molecule has 0 saturated carbocycles. The summed E-state index contributed by atoms with van der Waals surface area (Å²) in [5.74, 6) is 0.206. The van der Waals surface area contributed by atoms with Crippen LogP contribution in [0.1, 0.15) is 24.1 Å². The second kappa shape index (κ2) is 5.09. The Bertz CT molecular complexity index is 394. The molecule has 16 heavy (non-hydrogen) atoms. The van der Waals surface area contributed by atoms with Crippen molar-refractivity contribution in [3.05, 3.63) is 29.6 Å². The van der Waals surface area contributed by atoms with Crippen molar-refractivity contribution in [1.29, 1.82) is 5.26 Å². The lowest BCUT2D eigenvalue weighted by atomic mass is 9.99. The van der Waals surface area contributed by atoms with Crippen molar-refractivity contribution in [3.63, 3.8) is 0 Å². The van der Waals surface area contributed by atoms with E-state index in [1.165, 1.54) is 5.56 Å². The highest BCUT2D eigenvalue weighted by Crippen LogP contribution is 2.18. The number of aromatic nitrogens is 1. The topological polar surface area (TPSA) is 39.9 Å². The molecule has 3 nitrogen and oxygen atoms in total. The molecule has 1 atom stereocenters. The van der Waals surface area contributed by atoms with Gasteiger partial charge in [0.1, 0.15) is 0 Å². The minimum atomic E-state index is 0.206. The van der Waals surface area contributed by atoms with Crippen molar-refractivity contribution in [3.8, 4) is 6.07 Å². The number of nitrogens with zero attached hydrogens (tertiary/aromatic N) is 3. The van der Waals surface area contributed by atoms with E-state index in [0.29, 0.717) is 0 Å². The molecule has 3 heteroatoms. The number of aryl methyl sites for hydroxylation is 1. The van der Waals surface area contributed by atoms with Gasteiger partial charge in [0, 0.05) is 19.3 Å². The summed E-state index contributed by atoms with van der Waals surface area (Å²) >= 11 is 0. The van der Waals surface area contributed by atoms with Crippen LogP contribution in [0, 0.1) is 24.2 Å². The molecule has 1 fully saturated rings. The van der Waals surface area contributed by atoms with Crippen LogP contribution in [-0.2, 0) is 6.54 Å². The Balaban J connectivity index is 2.00. The van der Waals surface area contributed by atoms with Crippen LogP contribution in [-0.4, -0.2) is 23.0 Å². The zero-order valence-corrected chi connectivity index (χ0v) is 9.69. The summed E-state index contributed by atoms with van der Waals surface area (Å²) in [6.45, 7) is 4.96. The van der Waals surface area contributed by atoms with Gasteiger partial charge in [-0.15, -0.1) is 0 Å². The molecule has 1 aliphatic rings. The van der Waals surface area contributed by atoms with E-state index in [0.717, 1.165) is 38.2 Å². The summed E-state index contributed by atoms with van der Waals surface area (Å²) in [5, 5.41) is 8.94. The molecule has 0 aliphatic carbocycles. The Labute approximate surface area is 96.7 Å². The molecule has 0 spiro atoms. The summed E-state index contributed by atoms with van der Waals surface area (Å²) in [6, 6.07) is 6.43. The van der Waals surface area contributed by atoms with Gasteiger partial charge < -0.3 is 0 Å². The number of piperidine rings is 1. The van der Waals surface area contributed by atoms with E-state index in [1.807, 2.05) is 12.3 Å². The van der Waals surface area contributed by atoms with E-state index in [9.17, 15) is 0 Å². The average Bonchev–Trinajstić information content (AvgIpc) is 2.32. The quantitative estimate of drug-likeness (QED) is 0.758. The van der Waals surface area contributed by atoms with Crippen LogP contribution in [0.5, 0.6) is 0 Å². The Morgan fingerprint density at radius 1 is 1.62 bits per heavy atom. The maximum absolute atomic E-state index is 8.94. The van der Waals surface area contributed by atoms with Crippen LogP contribution in [0.25, 0.3) is 0 Å². The predicted molar refractivity (Wildman–Crippen MR) is 62.6 cm³/mol. The van der Waals surface area contributed by atoms with Gasteiger partial charge >= 0.3 is 0 Å². The third kappa shape index (κ3) is 2.59. The molecule has 0 bridgehead atoms. The van der Waals surface area contributed by atoms with Crippen LogP contribution in [0.3, 0.4) is 0 Å². The highest BCUT2D eigenvalue weighted by atomic mass is 15.1. The molecule has 1 unspecified atom stereocenters. The number of nitriles is 1. The Morgan fingerprint density at radius 3 is 3.25 bits per heavy atom. The fourth-order valence-electron chi connectivity index (χ4n) is 2.20. The molecule has 0 radical (unpaired) electrons. The van der Waals surface area contributed by atoms with Gasteiger partial charge in [-0.2, -0.15) is 5.26 Å². The SMILES string of the molecule is Cc1cccnc1CN1CCCC(C#N)C1. The lowest BCUT2D eigenvalue weighted by Crippen LogP contribution is -2.34. The predicted octanol–water partition coefficient (Wildman–Crippen LogP) is 2.13. The zero-order chi connectivity index (χ0) is 11.4. The van der Waals surface area contributed by atoms with E-state index in [1.54, 1.807) is 0 Å². The molecular formula is C13H17N3. The van der Waals surface area contributed by atoms with Gasteiger partial charge in [-0.25, -0.2) is 0 Å². The summed E-state index contributed by atoms with van der Waals surface area (Å²) in [4.78, 5) is 6.74. The van der Waals surface area contributed by atoms with Crippen LogP contribution >= 0.6 is 0 Å². The van der Waals surface area contributed by atoms with Crippen molar-refractivity contribution in [1.82, 2.24) is 9.88 Å². The van der Waals surface area contributed by atoms with Crippen LogP contribution < -0.4 is 0 Å². The first kappa shape index (κ1) is 11.1. The number of rotatable bonds is 2. The average molecular weight is 215 g/mol. The van der Waals surface area contributed by atoms with Crippen molar-refractivity contribution >= 4 is 0 Å². The van der Waals surface area contributed by atoms with Crippen LogP contribution in [0.15, 0.2) is 18.3 Å². The summed E-state index contributed by atoms with van der Waals surface area (Å²) < 4.78 is 0. The van der Waals surface area contributed by atoms with Gasteiger partial charge in [0.05, 0.1) is 17.7 Å². The number of likely N-dealkylation sites (tertiary alicyclic amines) is 1. The Hall–Kier alpha value is -1.40. The van der Waals surface area contributed by atoms with Gasteiger partial charge in [0.15, 0.2) is 0 Å². The van der Waals surface area contributed by atoms with E-state index >= 15 is 0 Å². The largest absolute Gasteiger partial charge is 0.296 e. The first-order chi connectivity index (χ1) is 7.79. The van der Waals surface area contributed by atoms with Gasteiger partial charge in [-0.1, -0.05) is 6.07 Å². The fourth-order valence-corrected chi connectivity index (χ4v) is 2.20. The molecular weight excluding hydrogens is 198 g/mol. The smallest absolute Gasteiger partial charge is 0.0669 e. The summed E-state index contributed by atoms with van der Waals surface area (Å²) in [7, 11) is 0. The highest BCUT2D eigenvalue weighted by Gasteiger charge is 2.19. The zero-order valence-electron chi connectivity index (χ0n) is 9.69. The molecule has 0 aromatic carbocycles. The third-order valence-electron chi connectivity index (χ3n) is 3.18. The molecule has 84 valence electrons. The number of hydrogen-bond donors (Lipinski definition) is 0. The first-order valence-electron chi connectivity index (χ1n) is 5.82. The number of pyridine rings is 1. The molecule has 2 rings (SSSR count). The van der Waals surface area contributed by atoms with E-state index < -0.39 is 0 Å². The molecule has 1 aromatic rings. The molecule has 1 aliphatic heterocycles. The normalized spacial score (nSPS) is 21.6. The summed E-state index contributed by atoms with van der Waals surface area (Å²) in [5.41, 5.74) is 2.38. The second-order valence-corrected chi connectivity index (χ2v) is 4.47. The van der Waals surface area contributed by atoms with Crippen molar-refractivity contribution < 1.29 is 0 Å². The number of hydrogen-bond acceptors (Lipinski definition) is 3. The van der Waals surface area contributed by atoms with Crippen molar-refractivity contribution in [2.45, 2.75) is 26.3 Å². The molecule has 1 aromatic heterocycles. The standard InChI is InChI=1S/C13H17N3/c1-11-4-2-6-15-13(11)10-16-7-3-5-12(8-14)9-16/h2,4,6,12H,3,5,7,9-10H2,1H3. The second-order valence-electron chi connectivity index (χ2n) is 4.47. The molecule has 0 amide bonds. The van der Waals surface area contributed by atoms with Gasteiger partial charge in [0.2, 0.25) is 0 Å². The molecule has 0 N–H and O–H groups in total. The monoisotopic (exact) mass is 215 g/mol. The van der Waals surface area contributed by atoms with Crippen molar-refractivity contribution in [2.75, 3.05) is 13.1 Å². The Morgan fingerprint density at radius 2 is 2.50 bits per heavy atom. The fraction of sp³-hybridized carbons (Fsp3) is 0.538. The highest BCUT2D eigenvalue weighted by molar-refractivity contribution is 5.17. The molecule has 2 heterocycles. The molecule has 1 saturated heterocycles. The van der Waals surface area contributed by atoms with Gasteiger partial charge in [-0.3, -0.25) is 9.88 Å². The van der Waals surface area contributed by atoms with Crippen LogP contribution in [0.4, 0.5) is 0 Å². The van der Waals surface area contributed by atoms with Gasteiger partial charge in [0.25, 0.3) is 0 Å².